The summed E-state index contributed by atoms with van der Waals surface area (Å²) in [5, 5.41) is 0. The van der Waals surface area contributed by atoms with Crippen molar-refractivity contribution in [3.8, 4) is 0 Å². The number of aromatic nitrogens is 1. The zero-order chi connectivity index (χ0) is 15.4. The van der Waals surface area contributed by atoms with E-state index >= 15 is 0 Å². The van der Waals surface area contributed by atoms with Crippen molar-refractivity contribution in [3.63, 3.8) is 0 Å². The fourth-order valence-corrected chi connectivity index (χ4v) is 2.58. The van der Waals surface area contributed by atoms with Crippen LogP contribution >= 0.6 is 0 Å². The number of piperidine rings is 1. The zero-order valence-electron chi connectivity index (χ0n) is 12.6. The van der Waals surface area contributed by atoms with Gasteiger partial charge < -0.3 is 14.4 Å². The second-order valence-electron chi connectivity index (χ2n) is 5.12. The third-order valence-electron chi connectivity index (χ3n) is 3.73. The van der Waals surface area contributed by atoms with E-state index in [1.54, 1.807) is 12.1 Å². The molecule has 0 bridgehead atoms. The second kappa shape index (κ2) is 6.56. The molecule has 1 aromatic rings. The van der Waals surface area contributed by atoms with Crippen molar-refractivity contribution in [3.05, 3.63) is 23.5 Å². The van der Waals surface area contributed by atoms with E-state index < -0.39 is 11.9 Å². The van der Waals surface area contributed by atoms with Crippen molar-refractivity contribution in [2.45, 2.75) is 32.2 Å². The third-order valence-corrected chi connectivity index (χ3v) is 3.73. The summed E-state index contributed by atoms with van der Waals surface area (Å²) in [5.41, 5.74) is 1.04. The maximum atomic E-state index is 11.7. The van der Waals surface area contributed by atoms with E-state index in [0.29, 0.717) is 6.04 Å². The van der Waals surface area contributed by atoms with Crippen LogP contribution in [0.5, 0.6) is 0 Å². The molecule has 1 unspecified atom stereocenters. The molecule has 0 amide bonds. The summed E-state index contributed by atoms with van der Waals surface area (Å²) in [6.07, 6.45) is 3.37. The van der Waals surface area contributed by atoms with Gasteiger partial charge in [0.25, 0.3) is 0 Å². The maximum absolute atomic E-state index is 11.7. The minimum Gasteiger partial charge on any atom is -0.464 e. The van der Waals surface area contributed by atoms with Gasteiger partial charge in [-0.25, -0.2) is 14.6 Å². The SMILES string of the molecule is COC(=O)c1cc(N2CCCCC2C)cc(C(=O)OC)n1. The van der Waals surface area contributed by atoms with E-state index in [2.05, 4.69) is 16.8 Å². The van der Waals surface area contributed by atoms with Crippen molar-refractivity contribution in [2.75, 3.05) is 25.7 Å². The molecule has 1 aliphatic heterocycles. The van der Waals surface area contributed by atoms with Gasteiger partial charge in [0, 0.05) is 18.3 Å². The molecule has 1 aromatic heterocycles. The molecule has 6 heteroatoms. The van der Waals surface area contributed by atoms with Gasteiger partial charge in [-0.3, -0.25) is 0 Å². The van der Waals surface area contributed by atoms with Crippen molar-refractivity contribution < 1.29 is 19.1 Å². The van der Waals surface area contributed by atoms with E-state index in [-0.39, 0.29) is 11.4 Å². The topological polar surface area (TPSA) is 68.7 Å². The monoisotopic (exact) mass is 292 g/mol. The quantitative estimate of drug-likeness (QED) is 0.794. The summed E-state index contributed by atoms with van der Waals surface area (Å²) in [5.74, 6) is -1.13. The Balaban J connectivity index is 2.43. The van der Waals surface area contributed by atoms with Crippen molar-refractivity contribution in [1.82, 2.24) is 4.98 Å². The van der Waals surface area contributed by atoms with Crippen LogP contribution in [0, 0.1) is 0 Å². The second-order valence-corrected chi connectivity index (χ2v) is 5.12. The van der Waals surface area contributed by atoms with Crippen molar-refractivity contribution in [1.29, 1.82) is 0 Å². The van der Waals surface area contributed by atoms with E-state index in [0.717, 1.165) is 25.1 Å². The summed E-state index contributed by atoms with van der Waals surface area (Å²) < 4.78 is 9.40. The minimum atomic E-state index is -0.563. The number of hydrogen-bond donors (Lipinski definition) is 0. The molecule has 21 heavy (non-hydrogen) atoms. The molecular formula is C15H20N2O4. The van der Waals surface area contributed by atoms with Crippen LogP contribution < -0.4 is 4.90 Å². The van der Waals surface area contributed by atoms with Crippen molar-refractivity contribution in [2.24, 2.45) is 0 Å². The highest BCUT2D eigenvalue weighted by Crippen LogP contribution is 2.26. The number of anilines is 1. The van der Waals surface area contributed by atoms with Gasteiger partial charge >= 0.3 is 11.9 Å². The van der Waals surface area contributed by atoms with Gasteiger partial charge in [0.15, 0.2) is 11.4 Å². The molecule has 0 aromatic carbocycles. The summed E-state index contributed by atoms with van der Waals surface area (Å²) in [4.78, 5) is 29.7. The Kier molecular flexibility index (Phi) is 4.77. The number of hydrogen-bond acceptors (Lipinski definition) is 6. The van der Waals surface area contributed by atoms with Crippen LogP contribution in [0.2, 0.25) is 0 Å². The predicted octanol–water partition coefficient (Wildman–Crippen LogP) is 2.03. The molecule has 2 rings (SSSR count). The summed E-state index contributed by atoms with van der Waals surface area (Å²) in [6, 6.07) is 3.69. The van der Waals surface area contributed by atoms with Crippen LogP contribution in [0.4, 0.5) is 5.69 Å². The number of nitrogens with zero attached hydrogens (tertiary/aromatic N) is 2. The molecule has 0 spiro atoms. The first-order valence-corrected chi connectivity index (χ1v) is 7.02. The predicted molar refractivity (Wildman–Crippen MR) is 77.6 cm³/mol. The lowest BCUT2D eigenvalue weighted by atomic mass is 10.0. The van der Waals surface area contributed by atoms with Crippen LogP contribution in [0.25, 0.3) is 0 Å². The van der Waals surface area contributed by atoms with Gasteiger partial charge in [0.1, 0.15) is 0 Å². The first kappa shape index (κ1) is 15.3. The van der Waals surface area contributed by atoms with Crippen LogP contribution in [0.15, 0.2) is 12.1 Å². The Morgan fingerprint density at radius 2 is 1.71 bits per heavy atom. The number of ether oxygens (including phenoxy) is 2. The Bertz CT molecular complexity index is 510. The molecule has 1 saturated heterocycles. The highest BCUT2D eigenvalue weighted by atomic mass is 16.5. The number of esters is 2. The standard InChI is InChI=1S/C15H20N2O4/c1-10-6-4-5-7-17(10)11-8-12(14(18)20-2)16-13(9-11)15(19)21-3/h8-10H,4-7H2,1-3H3. The Labute approximate surface area is 124 Å². The molecule has 0 radical (unpaired) electrons. The Hall–Kier alpha value is -2.11. The van der Waals surface area contributed by atoms with Gasteiger partial charge in [-0.05, 0) is 38.3 Å². The molecule has 1 atom stereocenters. The normalized spacial score (nSPS) is 18.2. The lowest BCUT2D eigenvalue weighted by molar-refractivity contribution is 0.0586. The average Bonchev–Trinajstić information content (AvgIpc) is 2.53. The molecule has 2 heterocycles. The molecule has 114 valence electrons. The molecule has 1 aliphatic rings. The lowest BCUT2D eigenvalue weighted by Gasteiger charge is -2.35. The number of pyridine rings is 1. The smallest absolute Gasteiger partial charge is 0.356 e. The van der Waals surface area contributed by atoms with Crippen LogP contribution in [0.3, 0.4) is 0 Å². The van der Waals surface area contributed by atoms with Gasteiger partial charge in [-0.15, -0.1) is 0 Å². The molecule has 1 fully saturated rings. The summed E-state index contributed by atoms with van der Waals surface area (Å²) >= 11 is 0. The average molecular weight is 292 g/mol. The highest BCUT2D eigenvalue weighted by molar-refractivity contribution is 5.93. The maximum Gasteiger partial charge on any atom is 0.356 e. The molecule has 0 aliphatic carbocycles. The third kappa shape index (κ3) is 3.32. The number of carbonyl (C=O) groups is 2. The van der Waals surface area contributed by atoms with Crippen LogP contribution in [-0.4, -0.2) is 43.7 Å². The first-order chi connectivity index (χ1) is 10.1. The molecule has 6 nitrogen and oxygen atoms in total. The fraction of sp³-hybridized carbons (Fsp3) is 0.533. The van der Waals surface area contributed by atoms with E-state index in [1.807, 2.05) is 0 Å². The Morgan fingerprint density at radius 3 is 2.19 bits per heavy atom. The number of carbonyl (C=O) groups excluding carboxylic acids is 2. The highest BCUT2D eigenvalue weighted by Gasteiger charge is 2.23. The minimum absolute atomic E-state index is 0.119. The number of rotatable bonds is 3. The summed E-state index contributed by atoms with van der Waals surface area (Å²) in [7, 11) is 2.58. The van der Waals surface area contributed by atoms with Crippen LogP contribution in [0.1, 0.15) is 47.2 Å². The van der Waals surface area contributed by atoms with E-state index in [4.69, 9.17) is 9.47 Å². The van der Waals surface area contributed by atoms with E-state index in [9.17, 15) is 9.59 Å². The van der Waals surface area contributed by atoms with Gasteiger partial charge in [0.05, 0.1) is 14.2 Å². The van der Waals surface area contributed by atoms with Crippen molar-refractivity contribution >= 4 is 17.6 Å². The first-order valence-electron chi connectivity index (χ1n) is 7.02. The lowest BCUT2D eigenvalue weighted by Crippen LogP contribution is -2.37. The van der Waals surface area contributed by atoms with Crippen LogP contribution in [-0.2, 0) is 9.47 Å². The largest absolute Gasteiger partial charge is 0.464 e. The Morgan fingerprint density at radius 1 is 1.14 bits per heavy atom. The molecule has 0 saturated carbocycles. The summed E-state index contributed by atoms with van der Waals surface area (Å²) in [6.45, 7) is 3.03. The molecular weight excluding hydrogens is 272 g/mol. The van der Waals surface area contributed by atoms with Gasteiger partial charge in [-0.2, -0.15) is 0 Å². The fourth-order valence-electron chi connectivity index (χ4n) is 2.58. The molecule has 0 N–H and O–H groups in total. The van der Waals surface area contributed by atoms with E-state index in [1.165, 1.54) is 20.6 Å². The zero-order valence-corrected chi connectivity index (χ0v) is 12.6. The number of methoxy groups -OCH3 is 2. The van der Waals surface area contributed by atoms with Gasteiger partial charge in [-0.1, -0.05) is 0 Å². The van der Waals surface area contributed by atoms with Gasteiger partial charge in [0.2, 0.25) is 0 Å².